The van der Waals surface area contributed by atoms with Crippen molar-refractivity contribution in [3.8, 4) is 0 Å². The highest BCUT2D eigenvalue weighted by atomic mass is 35.5. The van der Waals surface area contributed by atoms with Gasteiger partial charge >= 0.3 is 0 Å². The Morgan fingerprint density at radius 2 is 1.59 bits per heavy atom. The van der Waals surface area contributed by atoms with Gasteiger partial charge in [-0.1, -0.05) is 90.1 Å². The van der Waals surface area contributed by atoms with E-state index in [-0.39, 0.29) is 44.5 Å². The van der Waals surface area contributed by atoms with Gasteiger partial charge in [0.2, 0.25) is 11.8 Å². The van der Waals surface area contributed by atoms with Gasteiger partial charge in [0, 0.05) is 13.1 Å². The van der Waals surface area contributed by atoms with Gasteiger partial charge in [0.05, 0.1) is 30.7 Å². The number of rotatable bonds is 12. The van der Waals surface area contributed by atoms with Crippen molar-refractivity contribution in [2.24, 2.45) is 0 Å². The molecule has 2 amide bonds. The molecule has 3 aromatic carbocycles. The molecular formula is C29H31Cl4N3O4S. The van der Waals surface area contributed by atoms with Crippen molar-refractivity contribution < 1.29 is 18.0 Å². The summed E-state index contributed by atoms with van der Waals surface area (Å²) >= 11 is 25.0. The number of sulfonamides is 1. The molecule has 41 heavy (non-hydrogen) atoms. The lowest BCUT2D eigenvalue weighted by molar-refractivity contribution is -0.140. The molecular weight excluding hydrogens is 628 g/mol. The standard InChI is InChI=1S/C29H31Cl4N3O4S/c1-4-15-34-29(38)25(5-2)35(17-20-11-14-22(30)24(32)16-20)27(37)18-36(26-8-6-7-23(31)28(26)33)41(39,40)21-12-9-19(3)10-13-21/h6-14,16,25H,4-5,15,17-18H2,1-3H3,(H,34,38). The van der Waals surface area contributed by atoms with E-state index >= 15 is 0 Å². The molecule has 12 heteroatoms. The van der Waals surface area contributed by atoms with Crippen LogP contribution in [0.5, 0.6) is 0 Å². The van der Waals surface area contributed by atoms with Gasteiger partial charge in [-0.3, -0.25) is 13.9 Å². The summed E-state index contributed by atoms with van der Waals surface area (Å²) in [7, 11) is -4.29. The normalized spacial score (nSPS) is 12.1. The highest BCUT2D eigenvalue weighted by Crippen LogP contribution is 2.36. The first-order valence-electron chi connectivity index (χ1n) is 12.9. The van der Waals surface area contributed by atoms with E-state index in [0.717, 1.165) is 9.87 Å². The van der Waals surface area contributed by atoms with Crippen LogP contribution in [0.3, 0.4) is 0 Å². The average molecular weight is 659 g/mol. The Morgan fingerprint density at radius 1 is 0.902 bits per heavy atom. The predicted octanol–water partition coefficient (Wildman–Crippen LogP) is 7.14. The summed E-state index contributed by atoms with van der Waals surface area (Å²) in [5, 5.41) is 3.56. The van der Waals surface area contributed by atoms with Crippen LogP contribution in [-0.4, -0.2) is 44.3 Å². The molecule has 1 N–H and O–H groups in total. The summed E-state index contributed by atoms with van der Waals surface area (Å²) in [5.74, 6) is -0.974. The molecule has 1 atom stereocenters. The number of amides is 2. The van der Waals surface area contributed by atoms with Crippen molar-refractivity contribution in [3.05, 3.63) is 91.9 Å². The summed E-state index contributed by atoms with van der Waals surface area (Å²) < 4.78 is 28.8. The molecule has 3 rings (SSSR count). The molecule has 1 unspecified atom stereocenters. The van der Waals surface area contributed by atoms with Crippen LogP contribution in [0.25, 0.3) is 0 Å². The molecule has 0 radical (unpaired) electrons. The Kier molecular flexibility index (Phi) is 11.8. The lowest BCUT2D eigenvalue weighted by Crippen LogP contribution is -2.52. The Balaban J connectivity index is 2.11. The number of hydrogen-bond acceptors (Lipinski definition) is 4. The molecule has 7 nitrogen and oxygen atoms in total. The maximum atomic E-state index is 14.1. The zero-order chi connectivity index (χ0) is 30.3. The van der Waals surface area contributed by atoms with Crippen LogP contribution in [0.1, 0.15) is 37.8 Å². The van der Waals surface area contributed by atoms with Crippen molar-refractivity contribution >= 4 is 73.9 Å². The van der Waals surface area contributed by atoms with Gasteiger partial charge < -0.3 is 10.2 Å². The number of hydrogen-bond donors (Lipinski definition) is 1. The largest absolute Gasteiger partial charge is 0.354 e. The van der Waals surface area contributed by atoms with Crippen molar-refractivity contribution in [2.45, 2.75) is 51.1 Å². The van der Waals surface area contributed by atoms with Gasteiger partial charge in [0.1, 0.15) is 12.6 Å². The smallest absolute Gasteiger partial charge is 0.264 e. The molecule has 0 saturated carbocycles. The number of halogens is 4. The molecule has 0 bridgehead atoms. The van der Waals surface area contributed by atoms with Gasteiger partial charge in [-0.05, 0) is 61.7 Å². The van der Waals surface area contributed by atoms with E-state index < -0.39 is 28.5 Å². The molecule has 3 aromatic rings. The maximum Gasteiger partial charge on any atom is 0.264 e. The lowest BCUT2D eigenvalue weighted by atomic mass is 10.1. The van der Waals surface area contributed by atoms with Gasteiger partial charge in [0.15, 0.2) is 0 Å². The first kappa shape index (κ1) is 33.0. The number of nitrogens with zero attached hydrogens (tertiary/aromatic N) is 2. The number of nitrogens with one attached hydrogen (secondary N) is 1. The number of carbonyl (C=O) groups excluding carboxylic acids is 2. The van der Waals surface area contributed by atoms with E-state index in [0.29, 0.717) is 23.6 Å². The van der Waals surface area contributed by atoms with Crippen LogP contribution >= 0.6 is 46.4 Å². The maximum absolute atomic E-state index is 14.1. The second kappa shape index (κ2) is 14.6. The number of aryl methyl sites for hydroxylation is 1. The minimum absolute atomic E-state index is 0.0184. The summed E-state index contributed by atoms with van der Waals surface area (Å²) in [6, 6.07) is 14.8. The third-order valence-electron chi connectivity index (χ3n) is 6.36. The topological polar surface area (TPSA) is 86.8 Å². The monoisotopic (exact) mass is 657 g/mol. The molecule has 0 aromatic heterocycles. The Labute approximate surface area is 261 Å². The van der Waals surface area contributed by atoms with Crippen molar-refractivity contribution in [2.75, 3.05) is 17.4 Å². The number of benzene rings is 3. The van der Waals surface area contributed by atoms with Crippen LogP contribution in [0.15, 0.2) is 65.6 Å². The van der Waals surface area contributed by atoms with Gasteiger partial charge in [-0.25, -0.2) is 8.42 Å². The Hall–Kier alpha value is -2.49. The third-order valence-corrected chi connectivity index (χ3v) is 9.68. The first-order valence-corrected chi connectivity index (χ1v) is 15.9. The van der Waals surface area contributed by atoms with E-state index in [9.17, 15) is 18.0 Å². The quantitative estimate of drug-likeness (QED) is 0.224. The molecule has 220 valence electrons. The zero-order valence-electron chi connectivity index (χ0n) is 22.8. The van der Waals surface area contributed by atoms with Gasteiger partial charge in [0.25, 0.3) is 10.0 Å². The van der Waals surface area contributed by atoms with E-state index in [1.807, 2.05) is 13.8 Å². The molecule has 0 spiro atoms. The summed E-state index contributed by atoms with van der Waals surface area (Å²) in [4.78, 5) is 28.6. The molecule has 0 saturated heterocycles. The average Bonchev–Trinajstić information content (AvgIpc) is 2.94. The van der Waals surface area contributed by atoms with Crippen LogP contribution in [0.4, 0.5) is 5.69 Å². The second-order valence-corrected chi connectivity index (χ2v) is 12.8. The van der Waals surface area contributed by atoms with E-state index in [1.165, 1.54) is 29.2 Å². The van der Waals surface area contributed by atoms with Crippen LogP contribution < -0.4 is 9.62 Å². The van der Waals surface area contributed by atoms with Crippen molar-refractivity contribution in [1.82, 2.24) is 10.2 Å². The van der Waals surface area contributed by atoms with E-state index in [2.05, 4.69) is 5.32 Å². The fraction of sp³-hybridized carbons (Fsp3) is 0.310. The van der Waals surface area contributed by atoms with Gasteiger partial charge in [-0.2, -0.15) is 0 Å². The Bertz CT molecular complexity index is 1500. The van der Waals surface area contributed by atoms with Crippen molar-refractivity contribution in [3.63, 3.8) is 0 Å². The molecule has 0 aliphatic heterocycles. The van der Waals surface area contributed by atoms with Crippen LogP contribution in [0, 0.1) is 6.92 Å². The minimum Gasteiger partial charge on any atom is -0.354 e. The van der Waals surface area contributed by atoms with E-state index in [4.69, 9.17) is 46.4 Å². The fourth-order valence-corrected chi connectivity index (χ4v) is 6.35. The van der Waals surface area contributed by atoms with Crippen LogP contribution in [-0.2, 0) is 26.2 Å². The SMILES string of the molecule is CCCNC(=O)C(CC)N(Cc1ccc(Cl)c(Cl)c1)C(=O)CN(c1cccc(Cl)c1Cl)S(=O)(=O)c1ccc(C)cc1. The Morgan fingerprint density at radius 3 is 2.20 bits per heavy atom. The predicted molar refractivity (Wildman–Crippen MR) is 167 cm³/mol. The molecule has 0 heterocycles. The number of carbonyl (C=O) groups is 2. The number of anilines is 1. The van der Waals surface area contributed by atoms with Gasteiger partial charge in [-0.15, -0.1) is 0 Å². The minimum atomic E-state index is -4.29. The molecule has 0 aliphatic rings. The highest BCUT2D eigenvalue weighted by molar-refractivity contribution is 7.92. The zero-order valence-corrected chi connectivity index (χ0v) is 26.7. The summed E-state index contributed by atoms with van der Waals surface area (Å²) in [5.41, 5.74) is 1.51. The third kappa shape index (κ3) is 8.08. The van der Waals surface area contributed by atoms with E-state index in [1.54, 1.807) is 43.3 Å². The fourth-order valence-electron chi connectivity index (χ4n) is 4.16. The molecule has 0 fully saturated rings. The van der Waals surface area contributed by atoms with Crippen LogP contribution in [0.2, 0.25) is 20.1 Å². The molecule has 0 aliphatic carbocycles. The lowest BCUT2D eigenvalue weighted by Gasteiger charge is -2.33. The summed E-state index contributed by atoms with van der Waals surface area (Å²) in [6.45, 7) is 5.30. The first-order chi connectivity index (χ1) is 19.4. The van der Waals surface area contributed by atoms with Crippen molar-refractivity contribution in [1.29, 1.82) is 0 Å². The highest BCUT2D eigenvalue weighted by Gasteiger charge is 2.34. The second-order valence-electron chi connectivity index (χ2n) is 9.38. The summed E-state index contributed by atoms with van der Waals surface area (Å²) in [6.07, 6.45) is 0.990.